The molecule has 1 aliphatic rings. The summed E-state index contributed by atoms with van der Waals surface area (Å²) in [6.07, 6.45) is 6.03. The molecule has 26 heavy (non-hydrogen) atoms. The largest absolute Gasteiger partial charge is 0.334 e. The van der Waals surface area contributed by atoms with Gasteiger partial charge in [-0.3, -0.25) is 14.5 Å². The van der Waals surface area contributed by atoms with Crippen molar-refractivity contribution in [2.75, 3.05) is 45.8 Å². The van der Waals surface area contributed by atoms with E-state index in [1.807, 2.05) is 32.0 Å². The molecule has 1 aromatic carbocycles. The second-order valence-electron chi connectivity index (χ2n) is 6.70. The van der Waals surface area contributed by atoms with Crippen LogP contribution in [0.15, 0.2) is 36.4 Å². The summed E-state index contributed by atoms with van der Waals surface area (Å²) >= 11 is 0. The van der Waals surface area contributed by atoms with Gasteiger partial charge in [0.2, 0.25) is 0 Å². The Balaban J connectivity index is 1.78. The summed E-state index contributed by atoms with van der Waals surface area (Å²) in [6, 6.07) is 10.2. The summed E-state index contributed by atoms with van der Waals surface area (Å²) in [4.78, 5) is 30.6. The van der Waals surface area contributed by atoms with Crippen molar-refractivity contribution in [1.82, 2.24) is 14.7 Å². The first kappa shape index (κ1) is 20.2. The van der Waals surface area contributed by atoms with E-state index in [9.17, 15) is 9.59 Å². The van der Waals surface area contributed by atoms with E-state index in [2.05, 4.69) is 29.2 Å². The smallest absolute Gasteiger partial charge is 0.312 e. The minimum absolute atomic E-state index is 0.341. The monoisotopic (exact) mass is 357 g/mol. The van der Waals surface area contributed by atoms with Crippen molar-refractivity contribution in [1.29, 1.82) is 0 Å². The number of amides is 2. The summed E-state index contributed by atoms with van der Waals surface area (Å²) in [6.45, 7) is 9.09. The number of carbonyl (C=O) groups is 2. The summed E-state index contributed by atoms with van der Waals surface area (Å²) in [7, 11) is 0. The van der Waals surface area contributed by atoms with Crippen LogP contribution in [0.3, 0.4) is 0 Å². The van der Waals surface area contributed by atoms with Crippen LogP contribution in [-0.4, -0.2) is 72.3 Å². The molecule has 1 aromatic rings. The molecule has 0 radical (unpaired) electrons. The molecule has 1 aliphatic heterocycles. The van der Waals surface area contributed by atoms with Crippen LogP contribution in [0.1, 0.15) is 32.3 Å². The van der Waals surface area contributed by atoms with Gasteiger partial charge in [-0.25, -0.2) is 0 Å². The van der Waals surface area contributed by atoms with Crippen LogP contribution in [0.5, 0.6) is 0 Å². The highest BCUT2D eigenvalue weighted by atomic mass is 16.2. The summed E-state index contributed by atoms with van der Waals surface area (Å²) in [5.41, 5.74) is 1.19. The second kappa shape index (κ2) is 10.8. The van der Waals surface area contributed by atoms with Gasteiger partial charge in [-0.1, -0.05) is 56.3 Å². The summed E-state index contributed by atoms with van der Waals surface area (Å²) in [5.74, 6) is -0.683. The molecule has 2 amide bonds. The highest BCUT2D eigenvalue weighted by Crippen LogP contribution is 2.07. The molecule has 0 N–H and O–H groups in total. The molecule has 2 rings (SSSR count). The fourth-order valence-corrected chi connectivity index (χ4v) is 3.16. The fourth-order valence-electron chi connectivity index (χ4n) is 3.16. The van der Waals surface area contributed by atoms with E-state index >= 15 is 0 Å². The van der Waals surface area contributed by atoms with Gasteiger partial charge in [0.25, 0.3) is 0 Å². The van der Waals surface area contributed by atoms with E-state index in [0.29, 0.717) is 26.2 Å². The van der Waals surface area contributed by atoms with Crippen LogP contribution in [0.4, 0.5) is 0 Å². The summed E-state index contributed by atoms with van der Waals surface area (Å²) in [5, 5.41) is 0. The third-order valence-electron chi connectivity index (χ3n) is 4.59. The molecule has 1 heterocycles. The number of rotatable bonds is 7. The molecule has 0 aliphatic carbocycles. The predicted octanol–water partition coefficient (Wildman–Crippen LogP) is 2.49. The highest BCUT2D eigenvalue weighted by Gasteiger charge is 2.28. The molecule has 0 unspecified atom stereocenters. The Morgan fingerprint density at radius 3 is 2.19 bits per heavy atom. The van der Waals surface area contributed by atoms with E-state index in [0.717, 1.165) is 32.5 Å². The maximum Gasteiger partial charge on any atom is 0.312 e. The Kier molecular flexibility index (Phi) is 8.35. The van der Waals surface area contributed by atoms with Gasteiger partial charge in [-0.2, -0.15) is 0 Å². The molecule has 0 atom stereocenters. The second-order valence-corrected chi connectivity index (χ2v) is 6.70. The highest BCUT2D eigenvalue weighted by molar-refractivity contribution is 6.34. The Morgan fingerprint density at radius 2 is 1.62 bits per heavy atom. The third kappa shape index (κ3) is 5.99. The van der Waals surface area contributed by atoms with E-state index in [1.54, 1.807) is 9.80 Å². The van der Waals surface area contributed by atoms with Crippen molar-refractivity contribution in [2.45, 2.75) is 26.7 Å². The Labute approximate surface area is 157 Å². The Hall–Kier alpha value is -2.14. The SMILES string of the molecule is CCCN(CCC)C(=O)C(=O)N1CCN(C/C=C/c2ccccc2)CC1. The van der Waals surface area contributed by atoms with Gasteiger partial charge in [-0.05, 0) is 18.4 Å². The normalized spacial score (nSPS) is 15.4. The maximum absolute atomic E-state index is 12.5. The molecule has 0 aromatic heterocycles. The van der Waals surface area contributed by atoms with Crippen molar-refractivity contribution < 1.29 is 9.59 Å². The molecular weight excluding hydrogens is 326 g/mol. The van der Waals surface area contributed by atoms with Gasteiger partial charge in [0, 0.05) is 45.8 Å². The van der Waals surface area contributed by atoms with E-state index < -0.39 is 0 Å². The average Bonchev–Trinajstić information content (AvgIpc) is 2.68. The van der Waals surface area contributed by atoms with Crippen LogP contribution in [0.2, 0.25) is 0 Å². The van der Waals surface area contributed by atoms with Gasteiger partial charge in [0.05, 0.1) is 0 Å². The number of benzene rings is 1. The third-order valence-corrected chi connectivity index (χ3v) is 4.59. The number of hydrogen-bond donors (Lipinski definition) is 0. The zero-order valence-electron chi connectivity index (χ0n) is 16.1. The van der Waals surface area contributed by atoms with Gasteiger partial charge in [0.15, 0.2) is 0 Å². The van der Waals surface area contributed by atoms with Gasteiger partial charge in [0.1, 0.15) is 0 Å². The van der Waals surface area contributed by atoms with Crippen molar-refractivity contribution in [2.24, 2.45) is 0 Å². The topological polar surface area (TPSA) is 43.9 Å². The summed E-state index contributed by atoms with van der Waals surface area (Å²) < 4.78 is 0. The molecule has 1 fully saturated rings. The lowest BCUT2D eigenvalue weighted by atomic mass is 10.2. The lowest BCUT2D eigenvalue weighted by Gasteiger charge is -2.34. The molecule has 1 saturated heterocycles. The van der Waals surface area contributed by atoms with Crippen LogP contribution in [0.25, 0.3) is 6.08 Å². The molecule has 0 bridgehead atoms. The molecule has 5 heteroatoms. The van der Waals surface area contributed by atoms with Crippen LogP contribution >= 0.6 is 0 Å². The Bertz CT molecular complexity index is 587. The average molecular weight is 357 g/mol. The molecule has 0 spiro atoms. The molecular formula is C21H31N3O2. The van der Waals surface area contributed by atoms with Crippen molar-refractivity contribution in [3.63, 3.8) is 0 Å². The van der Waals surface area contributed by atoms with E-state index in [-0.39, 0.29) is 11.8 Å². The van der Waals surface area contributed by atoms with Crippen molar-refractivity contribution in [3.8, 4) is 0 Å². The minimum atomic E-state index is -0.342. The van der Waals surface area contributed by atoms with Gasteiger partial charge in [-0.15, -0.1) is 0 Å². The lowest BCUT2D eigenvalue weighted by molar-refractivity contribution is -0.152. The minimum Gasteiger partial charge on any atom is -0.334 e. The van der Waals surface area contributed by atoms with Crippen molar-refractivity contribution >= 4 is 17.9 Å². The first-order chi connectivity index (χ1) is 12.7. The zero-order chi connectivity index (χ0) is 18.8. The first-order valence-electron chi connectivity index (χ1n) is 9.67. The van der Waals surface area contributed by atoms with E-state index in [1.165, 1.54) is 5.56 Å². The quantitative estimate of drug-likeness (QED) is 0.704. The van der Waals surface area contributed by atoms with Crippen LogP contribution in [-0.2, 0) is 9.59 Å². The maximum atomic E-state index is 12.5. The molecule has 0 saturated carbocycles. The van der Waals surface area contributed by atoms with Gasteiger partial charge < -0.3 is 9.80 Å². The van der Waals surface area contributed by atoms with Crippen molar-refractivity contribution in [3.05, 3.63) is 42.0 Å². The van der Waals surface area contributed by atoms with Crippen LogP contribution < -0.4 is 0 Å². The standard InChI is InChI=1S/C21H31N3O2/c1-3-12-23(13-4-2)20(25)21(26)24-17-15-22(16-18-24)14-8-11-19-9-6-5-7-10-19/h5-11H,3-4,12-18H2,1-2H3/b11-8+. The van der Waals surface area contributed by atoms with Gasteiger partial charge >= 0.3 is 11.8 Å². The Morgan fingerprint density at radius 1 is 1.00 bits per heavy atom. The molecule has 5 nitrogen and oxygen atoms in total. The number of carbonyl (C=O) groups excluding carboxylic acids is 2. The molecule has 142 valence electrons. The van der Waals surface area contributed by atoms with E-state index in [4.69, 9.17) is 0 Å². The lowest BCUT2D eigenvalue weighted by Crippen LogP contribution is -2.53. The number of piperazine rings is 1. The predicted molar refractivity (Wildman–Crippen MR) is 106 cm³/mol. The number of nitrogens with zero attached hydrogens (tertiary/aromatic N) is 3. The first-order valence-corrected chi connectivity index (χ1v) is 9.67. The zero-order valence-corrected chi connectivity index (χ0v) is 16.1. The fraction of sp³-hybridized carbons (Fsp3) is 0.524. The van der Waals surface area contributed by atoms with Crippen LogP contribution in [0, 0.1) is 0 Å². The number of hydrogen-bond acceptors (Lipinski definition) is 3.